The highest BCUT2D eigenvalue weighted by molar-refractivity contribution is 7.17. The van der Waals surface area contributed by atoms with E-state index in [4.69, 9.17) is 9.72 Å². The molecular formula is C17H23N3O2S. The number of nitrogens with zero attached hydrogens (tertiary/aromatic N) is 3. The number of aromatic nitrogens is 2. The fraction of sp³-hybridized carbons (Fsp3) is 0.647. The molecule has 0 radical (unpaired) electrons. The summed E-state index contributed by atoms with van der Waals surface area (Å²) in [6, 6.07) is 1.72. The standard InChI is InChI=1S/C17H23N3O2S/c1-11-8-19(9-12(2)22-11)10-13-7-16(21)20-14-5-3-4-6-15(14)23-17(20)18-13/h7,11-12H,3-6,8-10H2,1-2H3. The SMILES string of the molecule is CC1CN(Cc2cc(=O)n3c4c(sc3n2)CCCC4)CC(C)O1. The summed E-state index contributed by atoms with van der Waals surface area (Å²) in [5.74, 6) is 0. The predicted octanol–water partition coefficient (Wildman–Crippen LogP) is 2.24. The third-order valence-electron chi connectivity index (χ3n) is 4.70. The number of fused-ring (bicyclic) bond motifs is 3. The van der Waals surface area contributed by atoms with Crippen molar-refractivity contribution in [2.75, 3.05) is 13.1 Å². The van der Waals surface area contributed by atoms with Gasteiger partial charge in [-0.15, -0.1) is 11.3 Å². The van der Waals surface area contributed by atoms with Gasteiger partial charge in [-0.25, -0.2) is 4.98 Å². The summed E-state index contributed by atoms with van der Waals surface area (Å²) in [6.45, 7) is 6.72. The smallest absolute Gasteiger partial charge is 0.259 e. The van der Waals surface area contributed by atoms with Crippen LogP contribution in [-0.2, 0) is 24.1 Å². The van der Waals surface area contributed by atoms with Crippen molar-refractivity contribution in [3.63, 3.8) is 0 Å². The molecule has 2 unspecified atom stereocenters. The molecule has 1 aliphatic carbocycles. The molecule has 0 N–H and O–H groups in total. The summed E-state index contributed by atoms with van der Waals surface area (Å²) in [5, 5.41) is 0. The lowest BCUT2D eigenvalue weighted by molar-refractivity contribution is -0.0707. The topological polar surface area (TPSA) is 46.8 Å². The minimum atomic E-state index is 0.0822. The first kappa shape index (κ1) is 15.3. The molecule has 0 aromatic carbocycles. The highest BCUT2D eigenvalue weighted by Gasteiger charge is 2.23. The summed E-state index contributed by atoms with van der Waals surface area (Å²) < 4.78 is 7.62. The number of rotatable bonds is 2. The quantitative estimate of drug-likeness (QED) is 0.846. The van der Waals surface area contributed by atoms with E-state index in [1.54, 1.807) is 17.4 Å². The van der Waals surface area contributed by atoms with Crippen molar-refractivity contribution >= 4 is 16.3 Å². The Balaban J connectivity index is 1.65. The molecule has 0 saturated carbocycles. The van der Waals surface area contributed by atoms with Crippen molar-refractivity contribution in [1.29, 1.82) is 0 Å². The van der Waals surface area contributed by atoms with E-state index in [0.29, 0.717) is 0 Å². The first-order chi connectivity index (χ1) is 11.1. The van der Waals surface area contributed by atoms with Gasteiger partial charge in [0.15, 0.2) is 4.96 Å². The molecule has 0 bridgehead atoms. The second-order valence-corrected chi connectivity index (χ2v) is 7.90. The molecule has 6 heteroatoms. The summed E-state index contributed by atoms with van der Waals surface area (Å²) in [7, 11) is 0. The van der Waals surface area contributed by atoms with E-state index in [-0.39, 0.29) is 17.8 Å². The normalized spacial score (nSPS) is 25.7. The molecule has 2 aliphatic rings. The van der Waals surface area contributed by atoms with E-state index in [1.165, 1.54) is 23.4 Å². The van der Waals surface area contributed by atoms with Crippen LogP contribution in [-0.4, -0.2) is 39.6 Å². The van der Waals surface area contributed by atoms with Gasteiger partial charge >= 0.3 is 0 Å². The summed E-state index contributed by atoms with van der Waals surface area (Å²) >= 11 is 1.70. The number of thiazole rings is 1. The van der Waals surface area contributed by atoms with Crippen LogP contribution in [0, 0.1) is 0 Å². The molecule has 0 spiro atoms. The average Bonchev–Trinajstić information content (AvgIpc) is 2.84. The highest BCUT2D eigenvalue weighted by atomic mass is 32.1. The molecule has 1 aliphatic heterocycles. The number of aryl methyl sites for hydroxylation is 2. The summed E-state index contributed by atoms with van der Waals surface area (Å²) in [6.07, 6.45) is 4.97. The van der Waals surface area contributed by atoms with Gasteiger partial charge in [-0.2, -0.15) is 0 Å². The largest absolute Gasteiger partial charge is 0.373 e. The molecule has 1 saturated heterocycles. The molecule has 2 atom stereocenters. The maximum atomic E-state index is 12.6. The second kappa shape index (κ2) is 6.00. The van der Waals surface area contributed by atoms with Crippen LogP contribution < -0.4 is 5.56 Å². The van der Waals surface area contributed by atoms with Crippen LogP contribution in [0.2, 0.25) is 0 Å². The number of hydrogen-bond acceptors (Lipinski definition) is 5. The lowest BCUT2D eigenvalue weighted by Gasteiger charge is -2.34. The minimum absolute atomic E-state index is 0.0822. The molecule has 2 aromatic rings. The third-order valence-corrected chi connectivity index (χ3v) is 5.84. The van der Waals surface area contributed by atoms with Gasteiger partial charge in [0, 0.05) is 36.3 Å². The zero-order chi connectivity index (χ0) is 16.0. The lowest BCUT2D eigenvalue weighted by Crippen LogP contribution is -2.45. The lowest BCUT2D eigenvalue weighted by atomic mass is 10.0. The van der Waals surface area contributed by atoms with Crippen molar-refractivity contribution in [3.8, 4) is 0 Å². The predicted molar refractivity (Wildman–Crippen MR) is 91.3 cm³/mol. The Hall–Kier alpha value is -1.24. The van der Waals surface area contributed by atoms with E-state index in [0.717, 1.165) is 43.1 Å². The molecule has 23 heavy (non-hydrogen) atoms. The van der Waals surface area contributed by atoms with E-state index in [1.807, 2.05) is 4.40 Å². The Kier molecular flexibility index (Phi) is 3.99. The Morgan fingerprint density at radius 2 is 2.00 bits per heavy atom. The molecule has 5 nitrogen and oxygen atoms in total. The Morgan fingerprint density at radius 3 is 2.78 bits per heavy atom. The van der Waals surface area contributed by atoms with E-state index in [9.17, 15) is 4.79 Å². The van der Waals surface area contributed by atoms with Crippen LogP contribution in [0.1, 0.15) is 43.0 Å². The monoisotopic (exact) mass is 333 g/mol. The molecule has 0 amide bonds. The third kappa shape index (κ3) is 2.95. The van der Waals surface area contributed by atoms with E-state index in [2.05, 4.69) is 18.7 Å². The maximum absolute atomic E-state index is 12.6. The molecular weight excluding hydrogens is 310 g/mol. The molecule has 3 heterocycles. The second-order valence-electron chi connectivity index (χ2n) is 6.83. The van der Waals surface area contributed by atoms with Gasteiger partial charge in [-0.05, 0) is 39.5 Å². The first-order valence-corrected chi connectivity index (χ1v) is 9.33. The maximum Gasteiger partial charge on any atom is 0.259 e. The molecule has 1 fully saturated rings. The van der Waals surface area contributed by atoms with Crippen LogP contribution in [0.5, 0.6) is 0 Å². The summed E-state index contributed by atoms with van der Waals surface area (Å²) in [5.41, 5.74) is 2.17. The van der Waals surface area contributed by atoms with Gasteiger partial charge in [0.1, 0.15) is 0 Å². The van der Waals surface area contributed by atoms with Crippen molar-refractivity contribution in [1.82, 2.24) is 14.3 Å². The van der Waals surface area contributed by atoms with Gasteiger partial charge in [0.25, 0.3) is 5.56 Å². The fourth-order valence-corrected chi connectivity index (χ4v) is 5.10. The number of ether oxygens (including phenoxy) is 1. The zero-order valence-electron chi connectivity index (χ0n) is 13.7. The van der Waals surface area contributed by atoms with Crippen molar-refractivity contribution in [2.45, 2.75) is 58.3 Å². The van der Waals surface area contributed by atoms with Gasteiger partial charge in [-0.1, -0.05) is 0 Å². The number of hydrogen-bond donors (Lipinski definition) is 0. The highest BCUT2D eigenvalue weighted by Crippen LogP contribution is 2.28. The number of morpholine rings is 1. The Labute approximate surface area is 139 Å². The van der Waals surface area contributed by atoms with Crippen molar-refractivity contribution < 1.29 is 4.74 Å². The van der Waals surface area contributed by atoms with Crippen molar-refractivity contribution in [2.24, 2.45) is 0 Å². The van der Waals surface area contributed by atoms with Crippen LogP contribution >= 0.6 is 11.3 Å². The van der Waals surface area contributed by atoms with Gasteiger partial charge in [0.2, 0.25) is 0 Å². The van der Waals surface area contributed by atoms with Crippen LogP contribution in [0.4, 0.5) is 0 Å². The molecule has 124 valence electrons. The molecule has 2 aromatic heterocycles. The average molecular weight is 333 g/mol. The van der Waals surface area contributed by atoms with Gasteiger partial charge < -0.3 is 4.74 Å². The van der Waals surface area contributed by atoms with Crippen LogP contribution in [0.25, 0.3) is 4.96 Å². The van der Waals surface area contributed by atoms with E-state index >= 15 is 0 Å². The fourth-order valence-electron chi connectivity index (χ4n) is 3.87. The summed E-state index contributed by atoms with van der Waals surface area (Å²) in [4.78, 5) is 21.9. The molecule has 4 rings (SSSR count). The minimum Gasteiger partial charge on any atom is -0.373 e. The van der Waals surface area contributed by atoms with Gasteiger partial charge in [0.05, 0.1) is 17.9 Å². The van der Waals surface area contributed by atoms with Crippen LogP contribution in [0.3, 0.4) is 0 Å². The zero-order valence-corrected chi connectivity index (χ0v) is 14.6. The van der Waals surface area contributed by atoms with Crippen LogP contribution in [0.15, 0.2) is 10.9 Å². The van der Waals surface area contributed by atoms with Gasteiger partial charge in [-0.3, -0.25) is 14.1 Å². The van der Waals surface area contributed by atoms with E-state index < -0.39 is 0 Å². The Bertz CT molecular complexity index is 772. The van der Waals surface area contributed by atoms with Crippen molar-refractivity contribution in [3.05, 3.63) is 32.7 Å². The Morgan fingerprint density at radius 1 is 1.26 bits per heavy atom. The first-order valence-electron chi connectivity index (χ1n) is 8.51.